The highest BCUT2D eigenvalue weighted by Gasteiger charge is 2.25. The number of piperidine rings is 1. The molecular formula is C11H20BrNO2. The van der Waals surface area contributed by atoms with E-state index in [0.29, 0.717) is 0 Å². The third-order valence-corrected chi connectivity index (χ3v) is 3.59. The van der Waals surface area contributed by atoms with Gasteiger partial charge in [0.15, 0.2) is 0 Å². The smallest absolute Gasteiger partial charge is 0.236 e. The van der Waals surface area contributed by atoms with E-state index in [4.69, 9.17) is 4.74 Å². The molecular weight excluding hydrogens is 258 g/mol. The molecule has 1 unspecified atom stereocenters. The Bertz CT molecular complexity index is 199. The van der Waals surface area contributed by atoms with Gasteiger partial charge in [-0.1, -0.05) is 15.9 Å². The van der Waals surface area contributed by atoms with Crippen molar-refractivity contribution in [2.24, 2.45) is 0 Å². The fourth-order valence-electron chi connectivity index (χ4n) is 1.84. The Morgan fingerprint density at radius 2 is 2.27 bits per heavy atom. The molecule has 88 valence electrons. The van der Waals surface area contributed by atoms with E-state index in [0.717, 1.165) is 51.8 Å². The predicted molar refractivity (Wildman–Crippen MR) is 64.3 cm³/mol. The Morgan fingerprint density at radius 1 is 1.47 bits per heavy atom. The highest BCUT2D eigenvalue weighted by atomic mass is 79.9. The number of hydrogen-bond donors (Lipinski definition) is 0. The Hall–Kier alpha value is -0.0900. The first-order valence-electron chi connectivity index (χ1n) is 5.67. The van der Waals surface area contributed by atoms with Crippen LogP contribution in [0.15, 0.2) is 0 Å². The number of nitrogens with zero attached hydrogens (tertiary/aromatic N) is 1. The van der Waals surface area contributed by atoms with Crippen molar-refractivity contribution in [1.82, 2.24) is 4.90 Å². The number of ether oxygens (including phenoxy) is 1. The molecule has 1 rings (SSSR count). The number of likely N-dealkylation sites (tertiary alicyclic amines) is 1. The quantitative estimate of drug-likeness (QED) is 0.550. The fraction of sp³-hybridized carbons (Fsp3) is 0.909. The lowest BCUT2D eigenvalue weighted by Crippen LogP contribution is -2.42. The number of alkyl halides is 1. The summed E-state index contributed by atoms with van der Waals surface area (Å²) in [6, 6.07) is 0. The molecule has 0 aromatic rings. The van der Waals surface area contributed by atoms with Gasteiger partial charge < -0.3 is 9.64 Å². The third kappa shape index (κ3) is 4.51. The minimum Gasteiger partial charge on any atom is -0.385 e. The maximum Gasteiger partial charge on any atom is 0.236 e. The van der Waals surface area contributed by atoms with Crippen LogP contribution in [0.4, 0.5) is 0 Å². The van der Waals surface area contributed by atoms with E-state index in [1.807, 2.05) is 4.90 Å². The van der Waals surface area contributed by atoms with Crippen LogP contribution in [-0.2, 0) is 9.53 Å². The van der Waals surface area contributed by atoms with Crippen LogP contribution < -0.4 is 0 Å². The number of methoxy groups -OCH3 is 1. The van der Waals surface area contributed by atoms with Gasteiger partial charge >= 0.3 is 0 Å². The van der Waals surface area contributed by atoms with E-state index in [1.54, 1.807) is 7.11 Å². The molecule has 1 atom stereocenters. The molecule has 0 aliphatic carbocycles. The molecule has 1 heterocycles. The van der Waals surface area contributed by atoms with Gasteiger partial charge in [0.25, 0.3) is 0 Å². The zero-order chi connectivity index (χ0) is 11.1. The molecule has 1 amide bonds. The Labute approximate surface area is 100 Å². The van der Waals surface area contributed by atoms with Crippen molar-refractivity contribution >= 4 is 21.8 Å². The van der Waals surface area contributed by atoms with Crippen molar-refractivity contribution in [3.8, 4) is 0 Å². The number of amides is 1. The van der Waals surface area contributed by atoms with Gasteiger partial charge in [0.2, 0.25) is 5.91 Å². The van der Waals surface area contributed by atoms with Gasteiger partial charge in [0.05, 0.1) is 4.83 Å². The molecule has 1 saturated heterocycles. The molecule has 3 nitrogen and oxygen atoms in total. The highest BCUT2D eigenvalue weighted by molar-refractivity contribution is 9.10. The Kier molecular flexibility index (Phi) is 6.25. The SMILES string of the molecule is COCCCCCN1CCCC(Br)C1=O. The van der Waals surface area contributed by atoms with Gasteiger partial charge in [-0.3, -0.25) is 4.79 Å². The first-order valence-corrected chi connectivity index (χ1v) is 6.59. The summed E-state index contributed by atoms with van der Waals surface area (Å²) in [5, 5.41) is 0. The average molecular weight is 278 g/mol. The van der Waals surface area contributed by atoms with Crippen LogP contribution in [0.3, 0.4) is 0 Å². The van der Waals surface area contributed by atoms with Crippen molar-refractivity contribution in [2.75, 3.05) is 26.8 Å². The molecule has 0 radical (unpaired) electrons. The summed E-state index contributed by atoms with van der Waals surface area (Å²) in [6.07, 6.45) is 5.44. The lowest BCUT2D eigenvalue weighted by atomic mass is 10.1. The first kappa shape index (κ1) is 13.0. The molecule has 0 N–H and O–H groups in total. The van der Waals surface area contributed by atoms with Crippen molar-refractivity contribution in [3.05, 3.63) is 0 Å². The standard InChI is InChI=1S/C11H20BrNO2/c1-15-9-4-2-3-7-13-8-5-6-10(12)11(13)14/h10H,2-9H2,1H3. The van der Waals surface area contributed by atoms with Crippen molar-refractivity contribution in [2.45, 2.75) is 36.9 Å². The van der Waals surface area contributed by atoms with E-state index < -0.39 is 0 Å². The second-order valence-electron chi connectivity index (χ2n) is 3.99. The molecule has 4 heteroatoms. The number of hydrogen-bond acceptors (Lipinski definition) is 2. The number of unbranched alkanes of at least 4 members (excludes halogenated alkanes) is 2. The topological polar surface area (TPSA) is 29.5 Å². The molecule has 1 fully saturated rings. The van der Waals surface area contributed by atoms with Crippen LogP contribution in [0.2, 0.25) is 0 Å². The van der Waals surface area contributed by atoms with E-state index in [9.17, 15) is 4.79 Å². The zero-order valence-corrected chi connectivity index (χ0v) is 11.0. The second-order valence-corrected chi connectivity index (χ2v) is 5.09. The molecule has 1 aliphatic rings. The minimum absolute atomic E-state index is 0.0604. The van der Waals surface area contributed by atoms with Crippen LogP contribution in [-0.4, -0.2) is 42.4 Å². The van der Waals surface area contributed by atoms with Gasteiger partial charge in [-0.2, -0.15) is 0 Å². The van der Waals surface area contributed by atoms with Crippen LogP contribution in [0, 0.1) is 0 Å². The molecule has 0 bridgehead atoms. The molecule has 0 aromatic heterocycles. The molecule has 0 spiro atoms. The Morgan fingerprint density at radius 3 is 3.00 bits per heavy atom. The van der Waals surface area contributed by atoms with Crippen molar-refractivity contribution in [1.29, 1.82) is 0 Å². The van der Waals surface area contributed by atoms with Crippen molar-refractivity contribution < 1.29 is 9.53 Å². The summed E-state index contributed by atoms with van der Waals surface area (Å²) in [5.41, 5.74) is 0. The normalized spacial score (nSPS) is 22.1. The van der Waals surface area contributed by atoms with Gasteiger partial charge in [0.1, 0.15) is 0 Å². The summed E-state index contributed by atoms with van der Waals surface area (Å²) in [5.74, 6) is 0.271. The van der Waals surface area contributed by atoms with Gasteiger partial charge in [-0.05, 0) is 32.1 Å². The maximum atomic E-state index is 11.7. The lowest BCUT2D eigenvalue weighted by Gasteiger charge is -2.29. The number of carbonyl (C=O) groups is 1. The van der Waals surface area contributed by atoms with E-state index in [2.05, 4.69) is 15.9 Å². The summed E-state index contributed by atoms with van der Waals surface area (Å²) in [6.45, 7) is 2.67. The van der Waals surface area contributed by atoms with E-state index >= 15 is 0 Å². The number of rotatable bonds is 6. The average Bonchev–Trinajstić information content (AvgIpc) is 2.24. The minimum atomic E-state index is 0.0604. The van der Waals surface area contributed by atoms with Gasteiger partial charge in [-0.15, -0.1) is 0 Å². The second kappa shape index (κ2) is 7.23. The largest absolute Gasteiger partial charge is 0.385 e. The van der Waals surface area contributed by atoms with Gasteiger partial charge in [-0.25, -0.2) is 0 Å². The van der Waals surface area contributed by atoms with Crippen LogP contribution >= 0.6 is 15.9 Å². The number of carbonyl (C=O) groups excluding carboxylic acids is 1. The third-order valence-electron chi connectivity index (χ3n) is 2.74. The predicted octanol–water partition coefficient (Wildman–Crippen LogP) is 2.19. The monoisotopic (exact) mass is 277 g/mol. The maximum absolute atomic E-state index is 11.7. The van der Waals surface area contributed by atoms with Crippen LogP contribution in [0.5, 0.6) is 0 Å². The fourth-order valence-corrected chi connectivity index (χ4v) is 2.45. The van der Waals surface area contributed by atoms with Gasteiger partial charge in [0, 0.05) is 26.8 Å². The summed E-state index contributed by atoms with van der Waals surface area (Å²) >= 11 is 3.42. The van der Waals surface area contributed by atoms with Crippen LogP contribution in [0.25, 0.3) is 0 Å². The molecule has 0 aromatic carbocycles. The molecule has 1 aliphatic heterocycles. The highest BCUT2D eigenvalue weighted by Crippen LogP contribution is 2.18. The number of halogens is 1. The molecule has 0 saturated carbocycles. The van der Waals surface area contributed by atoms with E-state index in [-0.39, 0.29) is 10.7 Å². The Balaban J connectivity index is 2.12. The van der Waals surface area contributed by atoms with E-state index in [1.165, 1.54) is 0 Å². The summed E-state index contributed by atoms with van der Waals surface area (Å²) in [7, 11) is 1.73. The lowest BCUT2D eigenvalue weighted by molar-refractivity contribution is -0.132. The summed E-state index contributed by atoms with van der Waals surface area (Å²) in [4.78, 5) is 13.7. The van der Waals surface area contributed by atoms with Crippen molar-refractivity contribution in [3.63, 3.8) is 0 Å². The summed E-state index contributed by atoms with van der Waals surface area (Å²) < 4.78 is 4.98. The van der Waals surface area contributed by atoms with Crippen LogP contribution in [0.1, 0.15) is 32.1 Å². The zero-order valence-electron chi connectivity index (χ0n) is 9.38. The molecule has 15 heavy (non-hydrogen) atoms. The first-order chi connectivity index (χ1) is 7.25.